The van der Waals surface area contributed by atoms with Crippen LogP contribution in [0.2, 0.25) is 0 Å². The van der Waals surface area contributed by atoms with Gasteiger partial charge in [0, 0.05) is 12.1 Å². The number of benzene rings is 1. The van der Waals surface area contributed by atoms with E-state index in [1.165, 1.54) is 18.2 Å². The number of aliphatic carboxylic acids is 1. The van der Waals surface area contributed by atoms with Gasteiger partial charge in [-0.25, -0.2) is 4.79 Å². The molecule has 0 amide bonds. The van der Waals surface area contributed by atoms with E-state index in [4.69, 9.17) is 5.11 Å². The summed E-state index contributed by atoms with van der Waals surface area (Å²) >= 11 is 0. The minimum Gasteiger partial charge on any atom is -0.478 e. The van der Waals surface area contributed by atoms with Crippen molar-refractivity contribution < 1.29 is 14.8 Å². The summed E-state index contributed by atoms with van der Waals surface area (Å²) in [5.41, 5.74) is 0.953. The molecule has 0 aliphatic carbocycles. The van der Waals surface area contributed by atoms with E-state index in [0.29, 0.717) is 0 Å². The molecule has 5 nitrogen and oxygen atoms in total. The summed E-state index contributed by atoms with van der Waals surface area (Å²) < 4.78 is 0. The summed E-state index contributed by atoms with van der Waals surface area (Å²) in [6, 6.07) is 4.61. The lowest BCUT2D eigenvalue weighted by atomic mass is 10.1. The van der Waals surface area contributed by atoms with E-state index in [0.717, 1.165) is 11.6 Å². The lowest BCUT2D eigenvalue weighted by molar-refractivity contribution is -0.385. The first-order valence-corrected chi connectivity index (χ1v) is 4.17. The average Bonchev–Trinajstić information content (AvgIpc) is 2.15. The number of carboxylic acid groups (broad SMARTS) is 1. The number of nitro groups is 1. The molecule has 0 aliphatic heterocycles. The van der Waals surface area contributed by atoms with Crippen molar-refractivity contribution in [2.24, 2.45) is 0 Å². The maximum atomic E-state index is 10.6. The summed E-state index contributed by atoms with van der Waals surface area (Å²) in [6.45, 7) is 1.73. The van der Waals surface area contributed by atoms with Crippen molar-refractivity contribution in [3.8, 4) is 0 Å². The van der Waals surface area contributed by atoms with Crippen molar-refractivity contribution >= 4 is 17.7 Å². The Morgan fingerprint density at radius 3 is 2.73 bits per heavy atom. The molecule has 15 heavy (non-hydrogen) atoms. The molecule has 0 fully saturated rings. The molecule has 0 heterocycles. The van der Waals surface area contributed by atoms with Crippen LogP contribution in [0.15, 0.2) is 24.3 Å². The van der Waals surface area contributed by atoms with Crippen LogP contribution in [0.5, 0.6) is 0 Å². The molecule has 0 saturated heterocycles. The van der Waals surface area contributed by atoms with Crippen LogP contribution in [0, 0.1) is 17.0 Å². The molecule has 0 bridgehead atoms. The fourth-order valence-electron chi connectivity index (χ4n) is 1.11. The number of rotatable bonds is 3. The van der Waals surface area contributed by atoms with Crippen LogP contribution in [0.25, 0.3) is 6.08 Å². The smallest absolute Gasteiger partial charge is 0.328 e. The molecule has 0 aromatic heterocycles. The molecule has 5 heteroatoms. The second kappa shape index (κ2) is 4.36. The standard InChI is InChI=1S/C10H9NO4/c1-7-2-3-8(4-5-10(12)13)9(6-7)11(14)15/h2-6H,1H3,(H,12,13)/b5-4+. The summed E-state index contributed by atoms with van der Waals surface area (Å²) in [7, 11) is 0. The Bertz CT molecular complexity index is 437. The average molecular weight is 207 g/mol. The summed E-state index contributed by atoms with van der Waals surface area (Å²) in [5, 5.41) is 19.0. The van der Waals surface area contributed by atoms with Gasteiger partial charge < -0.3 is 5.11 Å². The van der Waals surface area contributed by atoms with Gasteiger partial charge in [0.15, 0.2) is 0 Å². The van der Waals surface area contributed by atoms with Crippen molar-refractivity contribution in [1.82, 2.24) is 0 Å². The third-order valence-electron chi connectivity index (χ3n) is 1.79. The van der Waals surface area contributed by atoms with E-state index in [2.05, 4.69) is 0 Å². The fraction of sp³-hybridized carbons (Fsp3) is 0.100. The molecule has 78 valence electrons. The zero-order valence-corrected chi connectivity index (χ0v) is 8.01. The van der Waals surface area contributed by atoms with E-state index in [1.807, 2.05) is 0 Å². The predicted octanol–water partition coefficient (Wildman–Crippen LogP) is 2.00. The highest BCUT2D eigenvalue weighted by Crippen LogP contribution is 2.21. The van der Waals surface area contributed by atoms with Crippen molar-refractivity contribution in [3.63, 3.8) is 0 Å². The second-order valence-electron chi connectivity index (χ2n) is 2.99. The number of hydrogen-bond acceptors (Lipinski definition) is 3. The van der Waals surface area contributed by atoms with Gasteiger partial charge in [-0.15, -0.1) is 0 Å². The predicted molar refractivity (Wildman–Crippen MR) is 54.5 cm³/mol. The number of nitro benzene ring substituents is 1. The summed E-state index contributed by atoms with van der Waals surface area (Å²) in [6.07, 6.45) is 2.08. The van der Waals surface area contributed by atoms with Crippen LogP contribution in [0.1, 0.15) is 11.1 Å². The first kappa shape index (κ1) is 10.9. The Hall–Kier alpha value is -2.17. The quantitative estimate of drug-likeness (QED) is 0.467. The minimum absolute atomic E-state index is 0.0903. The maximum absolute atomic E-state index is 10.6. The van der Waals surface area contributed by atoms with Gasteiger partial charge in [0.05, 0.1) is 10.5 Å². The maximum Gasteiger partial charge on any atom is 0.328 e. The molecule has 0 spiro atoms. The highest BCUT2D eigenvalue weighted by atomic mass is 16.6. The van der Waals surface area contributed by atoms with Crippen LogP contribution in [-0.4, -0.2) is 16.0 Å². The first-order valence-electron chi connectivity index (χ1n) is 4.17. The topological polar surface area (TPSA) is 80.4 Å². The van der Waals surface area contributed by atoms with Gasteiger partial charge >= 0.3 is 5.97 Å². The van der Waals surface area contributed by atoms with Crippen LogP contribution >= 0.6 is 0 Å². The van der Waals surface area contributed by atoms with E-state index >= 15 is 0 Å². The lowest BCUT2D eigenvalue weighted by Gasteiger charge is -1.98. The molecule has 1 rings (SSSR count). The van der Waals surface area contributed by atoms with Crippen LogP contribution in [0.4, 0.5) is 5.69 Å². The van der Waals surface area contributed by atoms with Crippen molar-refractivity contribution in [1.29, 1.82) is 0 Å². The second-order valence-corrected chi connectivity index (χ2v) is 2.99. The van der Waals surface area contributed by atoms with Gasteiger partial charge in [-0.05, 0) is 24.6 Å². The van der Waals surface area contributed by atoms with Crippen LogP contribution < -0.4 is 0 Å². The normalized spacial score (nSPS) is 10.5. The van der Waals surface area contributed by atoms with Gasteiger partial charge in [-0.3, -0.25) is 10.1 Å². The number of hydrogen-bond donors (Lipinski definition) is 1. The molecule has 1 aromatic rings. The van der Waals surface area contributed by atoms with Gasteiger partial charge in [-0.1, -0.05) is 6.07 Å². The van der Waals surface area contributed by atoms with Crippen LogP contribution in [-0.2, 0) is 4.79 Å². The molecular weight excluding hydrogens is 198 g/mol. The van der Waals surface area contributed by atoms with Gasteiger partial charge in [0.1, 0.15) is 0 Å². The zero-order valence-electron chi connectivity index (χ0n) is 8.01. The molecule has 0 radical (unpaired) electrons. The molecule has 1 N–H and O–H groups in total. The number of nitrogens with zero attached hydrogens (tertiary/aromatic N) is 1. The number of carboxylic acids is 1. The first-order chi connectivity index (χ1) is 7.00. The highest BCUT2D eigenvalue weighted by Gasteiger charge is 2.11. The number of carbonyl (C=O) groups is 1. The molecule has 0 atom stereocenters. The van der Waals surface area contributed by atoms with Crippen LogP contribution in [0.3, 0.4) is 0 Å². The highest BCUT2D eigenvalue weighted by molar-refractivity contribution is 5.86. The third kappa shape index (κ3) is 2.91. The fourth-order valence-corrected chi connectivity index (χ4v) is 1.11. The molecule has 0 aliphatic rings. The van der Waals surface area contributed by atoms with Gasteiger partial charge in [0.2, 0.25) is 0 Å². The SMILES string of the molecule is Cc1ccc(/C=C/C(=O)O)c([N+](=O)[O-])c1. The Morgan fingerprint density at radius 1 is 1.53 bits per heavy atom. The van der Waals surface area contributed by atoms with E-state index in [1.54, 1.807) is 13.0 Å². The van der Waals surface area contributed by atoms with E-state index < -0.39 is 10.9 Å². The Morgan fingerprint density at radius 2 is 2.20 bits per heavy atom. The van der Waals surface area contributed by atoms with Crippen molar-refractivity contribution in [2.75, 3.05) is 0 Å². The van der Waals surface area contributed by atoms with Gasteiger partial charge in [-0.2, -0.15) is 0 Å². The Balaban J connectivity index is 3.17. The van der Waals surface area contributed by atoms with E-state index in [9.17, 15) is 14.9 Å². The molecular formula is C10H9NO4. The van der Waals surface area contributed by atoms with Crippen molar-refractivity contribution in [2.45, 2.75) is 6.92 Å². The zero-order chi connectivity index (χ0) is 11.4. The molecule has 0 saturated carbocycles. The minimum atomic E-state index is -1.13. The molecule has 0 unspecified atom stereocenters. The number of aryl methyl sites for hydroxylation is 1. The monoisotopic (exact) mass is 207 g/mol. The largest absolute Gasteiger partial charge is 0.478 e. The Kier molecular flexibility index (Phi) is 3.17. The summed E-state index contributed by atoms with van der Waals surface area (Å²) in [5.74, 6) is -1.13. The summed E-state index contributed by atoms with van der Waals surface area (Å²) in [4.78, 5) is 20.4. The van der Waals surface area contributed by atoms with Gasteiger partial charge in [0.25, 0.3) is 5.69 Å². The molecule has 1 aromatic carbocycles. The lowest BCUT2D eigenvalue weighted by Crippen LogP contribution is -1.93. The Labute approximate surface area is 85.8 Å². The van der Waals surface area contributed by atoms with Crippen molar-refractivity contribution in [3.05, 3.63) is 45.5 Å². The third-order valence-corrected chi connectivity index (χ3v) is 1.79. The van der Waals surface area contributed by atoms with E-state index in [-0.39, 0.29) is 11.3 Å².